The average molecular weight is 197 g/mol. The number of carbonyl (C=O) groups excluding carboxylic acids is 1. The molecule has 1 saturated carbocycles. The molecule has 2 nitrogen and oxygen atoms in total. The molecule has 82 valence electrons. The van der Waals surface area contributed by atoms with Crippen molar-refractivity contribution in [3.8, 4) is 0 Å². The molecular formula is C12H23NO. The van der Waals surface area contributed by atoms with E-state index in [4.69, 9.17) is 0 Å². The molecule has 2 atom stereocenters. The maximum atomic E-state index is 12.0. The van der Waals surface area contributed by atoms with E-state index in [1.54, 1.807) is 0 Å². The van der Waals surface area contributed by atoms with Crippen molar-refractivity contribution in [2.75, 3.05) is 13.1 Å². The van der Waals surface area contributed by atoms with Crippen LogP contribution in [0.1, 0.15) is 41.0 Å². The highest BCUT2D eigenvalue weighted by Crippen LogP contribution is 2.51. The molecule has 0 radical (unpaired) electrons. The molecule has 1 rings (SSSR count). The second kappa shape index (κ2) is 3.92. The maximum Gasteiger partial charge on any atom is 0.225 e. The van der Waals surface area contributed by atoms with Crippen LogP contribution in [0, 0.1) is 17.3 Å². The molecule has 0 aromatic carbocycles. The van der Waals surface area contributed by atoms with Crippen LogP contribution in [0.25, 0.3) is 0 Å². The Balaban J connectivity index is 2.51. The van der Waals surface area contributed by atoms with Crippen molar-refractivity contribution >= 4 is 5.91 Å². The molecule has 2 heteroatoms. The Labute approximate surface area is 87.7 Å². The van der Waals surface area contributed by atoms with E-state index in [9.17, 15) is 4.79 Å². The standard InChI is InChI=1S/C12H23NO/c1-6-13(7-2)11(14)9-8-10(9)12(3,4)5/h9-10H,6-8H2,1-5H3. The molecule has 0 spiro atoms. The summed E-state index contributed by atoms with van der Waals surface area (Å²) >= 11 is 0. The summed E-state index contributed by atoms with van der Waals surface area (Å²) in [6, 6.07) is 0. The van der Waals surface area contributed by atoms with Gasteiger partial charge in [0.05, 0.1) is 0 Å². The summed E-state index contributed by atoms with van der Waals surface area (Å²) < 4.78 is 0. The van der Waals surface area contributed by atoms with Gasteiger partial charge in [0.15, 0.2) is 0 Å². The smallest absolute Gasteiger partial charge is 0.225 e. The molecule has 0 aliphatic heterocycles. The van der Waals surface area contributed by atoms with Crippen molar-refractivity contribution in [2.24, 2.45) is 17.3 Å². The van der Waals surface area contributed by atoms with Crippen molar-refractivity contribution in [3.05, 3.63) is 0 Å². The zero-order chi connectivity index (χ0) is 10.9. The monoisotopic (exact) mass is 197 g/mol. The predicted molar refractivity (Wildman–Crippen MR) is 59.0 cm³/mol. The van der Waals surface area contributed by atoms with Gasteiger partial charge in [0.1, 0.15) is 0 Å². The van der Waals surface area contributed by atoms with Crippen LogP contribution in [-0.2, 0) is 4.79 Å². The first-order valence-corrected chi connectivity index (χ1v) is 5.70. The molecule has 0 saturated heterocycles. The average Bonchev–Trinajstić information content (AvgIpc) is 2.83. The Kier molecular flexibility index (Phi) is 3.23. The summed E-state index contributed by atoms with van der Waals surface area (Å²) in [5, 5.41) is 0. The Morgan fingerprint density at radius 1 is 1.29 bits per heavy atom. The van der Waals surface area contributed by atoms with Gasteiger partial charge in [0.2, 0.25) is 5.91 Å². The topological polar surface area (TPSA) is 20.3 Å². The van der Waals surface area contributed by atoms with Gasteiger partial charge in [-0.15, -0.1) is 0 Å². The third-order valence-electron chi connectivity index (χ3n) is 3.30. The number of amides is 1. The number of hydrogen-bond acceptors (Lipinski definition) is 1. The van der Waals surface area contributed by atoms with Crippen molar-refractivity contribution < 1.29 is 4.79 Å². The predicted octanol–water partition coefficient (Wildman–Crippen LogP) is 2.54. The van der Waals surface area contributed by atoms with Crippen LogP contribution in [0.3, 0.4) is 0 Å². The van der Waals surface area contributed by atoms with Crippen molar-refractivity contribution in [1.82, 2.24) is 4.90 Å². The van der Waals surface area contributed by atoms with E-state index in [2.05, 4.69) is 34.6 Å². The minimum atomic E-state index is 0.299. The fraction of sp³-hybridized carbons (Fsp3) is 0.917. The lowest BCUT2D eigenvalue weighted by atomic mass is 9.89. The van der Waals surface area contributed by atoms with Crippen LogP contribution in [-0.4, -0.2) is 23.9 Å². The third-order valence-corrected chi connectivity index (χ3v) is 3.30. The Hall–Kier alpha value is -0.530. The van der Waals surface area contributed by atoms with E-state index in [1.807, 2.05) is 4.90 Å². The van der Waals surface area contributed by atoms with Gasteiger partial charge >= 0.3 is 0 Å². The van der Waals surface area contributed by atoms with Crippen LogP contribution in [0.15, 0.2) is 0 Å². The van der Waals surface area contributed by atoms with E-state index >= 15 is 0 Å². The molecule has 0 heterocycles. The SMILES string of the molecule is CCN(CC)C(=O)C1CC1C(C)(C)C. The second-order valence-corrected chi connectivity index (χ2v) is 5.33. The van der Waals surface area contributed by atoms with Crippen molar-refractivity contribution in [3.63, 3.8) is 0 Å². The molecule has 14 heavy (non-hydrogen) atoms. The molecule has 1 amide bonds. The second-order valence-electron chi connectivity index (χ2n) is 5.33. The van der Waals surface area contributed by atoms with Crippen molar-refractivity contribution in [1.29, 1.82) is 0 Å². The lowest BCUT2D eigenvalue weighted by molar-refractivity contribution is -0.132. The zero-order valence-electron chi connectivity index (χ0n) is 10.1. The van der Waals surface area contributed by atoms with Gasteiger partial charge in [0.25, 0.3) is 0 Å². The zero-order valence-corrected chi connectivity index (χ0v) is 10.1. The fourth-order valence-electron chi connectivity index (χ4n) is 2.19. The van der Waals surface area contributed by atoms with Gasteiger partial charge in [-0.1, -0.05) is 20.8 Å². The van der Waals surface area contributed by atoms with Gasteiger partial charge in [-0.05, 0) is 31.6 Å². The summed E-state index contributed by atoms with van der Waals surface area (Å²) in [6.45, 7) is 12.5. The third kappa shape index (κ3) is 2.28. The molecule has 1 fully saturated rings. The summed E-state index contributed by atoms with van der Waals surface area (Å²) in [6.07, 6.45) is 1.10. The minimum Gasteiger partial charge on any atom is -0.343 e. The molecular weight excluding hydrogens is 174 g/mol. The highest BCUT2D eigenvalue weighted by Gasteiger charge is 2.50. The first kappa shape index (κ1) is 11.5. The van der Waals surface area contributed by atoms with Crippen LogP contribution >= 0.6 is 0 Å². The molecule has 0 N–H and O–H groups in total. The minimum absolute atomic E-state index is 0.299. The molecule has 1 aliphatic carbocycles. The van der Waals surface area contributed by atoms with Gasteiger partial charge in [-0.3, -0.25) is 4.79 Å². The van der Waals surface area contributed by atoms with Gasteiger partial charge in [0, 0.05) is 19.0 Å². The Morgan fingerprint density at radius 3 is 2.07 bits per heavy atom. The molecule has 0 aromatic heterocycles. The van der Waals surface area contributed by atoms with Gasteiger partial charge in [-0.2, -0.15) is 0 Å². The van der Waals surface area contributed by atoms with Crippen LogP contribution < -0.4 is 0 Å². The van der Waals surface area contributed by atoms with E-state index in [0.717, 1.165) is 19.5 Å². The Morgan fingerprint density at radius 2 is 1.79 bits per heavy atom. The first-order chi connectivity index (χ1) is 6.41. The van der Waals surface area contributed by atoms with E-state index in [0.29, 0.717) is 23.2 Å². The lowest BCUT2D eigenvalue weighted by Gasteiger charge is -2.22. The summed E-state index contributed by atoms with van der Waals surface area (Å²) in [4.78, 5) is 13.9. The summed E-state index contributed by atoms with van der Waals surface area (Å²) in [7, 11) is 0. The highest BCUT2D eigenvalue weighted by atomic mass is 16.2. The largest absolute Gasteiger partial charge is 0.343 e. The normalized spacial score (nSPS) is 26.1. The molecule has 0 aromatic rings. The highest BCUT2D eigenvalue weighted by molar-refractivity contribution is 5.81. The summed E-state index contributed by atoms with van der Waals surface area (Å²) in [5.74, 6) is 1.29. The molecule has 0 bridgehead atoms. The lowest BCUT2D eigenvalue weighted by Crippen LogP contribution is -2.33. The number of nitrogens with zero attached hydrogens (tertiary/aromatic N) is 1. The van der Waals surface area contributed by atoms with Crippen molar-refractivity contribution in [2.45, 2.75) is 41.0 Å². The molecule has 2 unspecified atom stereocenters. The summed E-state index contributed by atoms with van der Waals surface area (Å²) in [5.41, 5.74) is 0.299. The van der Waals surface area contributed by atoms with Gasteiger partial charge < -0.3 is 4.90 Å². The fourth-order valence-corrected chi connectivity index (χ4v) is 2.19. The van der Waals surface area contributed by atoms with Crippen LogP contribution in [0.2, 0.25) is 0 Å². The first-order valence-electron chi connectivity index (χ1n) is 5.70. The quantitative estimate of drug-likeness (QED) is 0.681. The number of carbonyl (C=O) groups is 1. The van der Waals surface area contributed by atoms with Gasteiger partial charge in [-0.25, -0.2) is 0 Å². The van der Waals surface area contributed by atoms with Crippen LogP contribution in [0.5, 0.6) is 0 Å². The number of hydrogen-bond donors (Lipinski definition) is 0. The Bertz CT molecular complexity index is 213. The number of rotatable bonds is 3. The van der Waals surface area contributed by atoms with E-state index < -0.39 is 0 Å². The van der Waals surface area contributed by atoms with E-state index in [-0.39, 0.29) is 0 Å². The molecule has 1 aliphatic rings. The van der Waals surface area contributed by atoms with Crippen LogP contribution in [0.4, 0.5) is 0 Å². The maximum absolute atomic E-state index is 12.0. The van der Waals surface area contributed by atoms with E-state index in [1.165, 1.54) is 0 Å².